The lowest BCUT2D eigenvalue weighted by Gasteiger charge is -2.21. The van der Waals surface area contributed by atoms with Crippen molar-refractivity contribution in [1.82, 2.24) is 4.90 Å². The third-order valence-electron chi connectivity index (χ3n) is 3.14. The SMILES string of the molecule is CC(C)(C)OC(=O)CN1C(=O)S/C(=C/c2ccc(OCC(N)=O)cc2)C1=O. The molecule has 9 heteroatoms. The minimum absolute atomic E-state index is 0.203. The molecule has 3 amide bonds. The molecule has 1 heterocycles. The van der Waals surface area contributed by atoms with Crippen molar-refractivity contribution in [2.75, 3.05) is 13.2 Å². The lowest BCUT2D eigenvalue weighted by molar-refractivity contribution is -0.156. The van der Waals surface area contributed by atoms with Crippen LogP contribution in [0.1, 0.15) is 26.3 Å². The summed E-state index contributed by atoms with van der Waals surface area (Å²) < 4.78 is 10.3. The number of rotatable bonds is 6. The molecule has 27 heavy (non-hydrogen) atoms. The van der Waals surface area contributed by atoms with Crippen LogP contribution in [0.25, 0.3) is 6.08 Å². The molecule has 0 aromatic heterocycles. The minimum atomic E-state index is -0.701. The lowest BCUT2D eigenvalue weighted by atomic mass is 10.2. The van der Waals surface area contributed by atoms with Crippen molar-refractivity contribution < 1.29 is 28.7 Å². The van der Waals surface area contributed by atoms with Crippen LogP contribution >= 0.6 is 11.8 Å². The molecule has 0 aliphatic carbocycles. The summed E-state index contributed by atoms with van der Waals surface area (Å²) in [6.45, 7) is 4.45. The molecule has 0 saturated carbocycles. The summed E-state index contributed by atoms with van der Waals surface area (Å²) in [6, 6.07) is 6.55. The van der Waals surface area contributed by atoms with Gasteiger partial charge in [-0.3, -0.25) is 24.1 Å². The average molecular weight is 392 g/mol. The highest BCUT2D eigenvalue weighted by Crippen LogP contribution is 2.32. The fourth-order valence-corrected chi connectivity index (χ4v) is 2.94. The molecule has 2 N–H and O–H groups in total. The van der Waals surface area contributed by atoms with Crippen LogP contribution in [0.3, 0.4) is 0 Å². The van der Waals surface area contributed by atoms with E-state index in [1.54, 1.807) is 45.0 Å². The number of hydrogen-bond donors (Lipinski definition) is 1. The Bertz CT molecular complexity index is 795. The van der Waals surface area contributed by atoms with Gasteiger partial charge in [-0.05, 0) is 56.3 Å². The van der Waals surface area contributed by atoms with E-state index in [0.717, 1.165) is 16.7 Å². The van der Waals surface area contributed by atoms with Gasteiger partial charge in [-0.1, -0.05) is 12.1 Å². The number of thioether (sulfide) groups is 1. The van der Waals surface area contributed by atoms with E-state index >= 15 is 0 Å². The van der Waals surface area contributed by atoms with Gasteiger partial charge < -0.3 is 15.2 Å². The number of imide groups is 1. The van der Waals surface area contributed by atoms with Gasteiger partial charge in [0.25, 0.3) is 17.1 Å². The third kappa shape index (κ3) is 6.14. The van der Waals surface area contributed by atoms with E-state index in [2.05, 4.69) is 0 Å². The van der Waals surface area contributed by atoms with Crippen LogP contribution in [-0.4, -0.2) is 46.7 Å². The highest BCUT2D eigenvalue weighted by atomic mass is 32.2. The van der Waals surface area contributed by atoms with Crippen molar-refractivity contribution in [2.45, 2.75) is 26.4 Å². The Labute approximate surface area is 160 Å². The zero-order valence-electron chi connectivity index (χ0n) is 15.2. The fourth-order valence-electron chi connectivity index (χ4n) is 2.11. The number of carbonyl (C=O) groups is 4. The Balaban J connectivity index is 2.05. The molecule has 1 aliphatic rings. The minimum Gasteiger partial charge on any atom is -0.484 e. The number of carbonyl (C=O) groups excluding carboxylic acids is 4. The van der Waals surface area contributed by atoms with Gasteiger partial charge in [0.15, 0.2) is 6.61 Å². The van der Waals surface area contributed by atoms with Crippen LogP contribution in [0, 0.1) is 0 Å². The van der Waals surface area contributed by atoms with Crippen molar-refractivity contribution in [3.8, 4) is 5.75 Å². The van der Waals surface area contributed by atoms with E-state index in [9.17, 15) is 19.2 Å². The van der Waals surface area contributed by atoms with Crippen molar-refractivity contribution >= 4 is 40.9 Å². The predicted molar refractivity (Wildman–Crippen MR) is 99.7 cm³/mol. The van der Waals surface area contributed by atoms with E-state index in [1.165, 1.54) is 6.08 Å². The standard InChI is InChI=1S/C18H20N2O6S/c1-18(2,3)26-15(22)9-20-16(23)13(27-17(20)24)8-11-4-6-12(7-5-11)25-10-14(19)21/h4-8H,9-10H2,1-3H3,(H2,19,21)/b13-8+. The van der Waals surface area contributed by atoms with Crippen LogP contribution in [0.5, 0.6) is 5.75 Å². The molecule has 1 aromatic rings. The number of hydrogen-bond acceptors (Lipinski definition) is 7. The first kappa shape index (κ1) is 20.5. The van der Waals surface area contributed by atoms with Crippen LogP contribution in [-0.2, 0) is 19.1 Å². The maximum Gasteiger partial charge on any atom is 0.326 e. The van der Waals surface area contributed by atoms with Gasteiger partial charge >= 0.3 is 5.97 Å². The van der Waals surface area contributed by atoms with Crippen molar-refractivity contribution in [3.05, 3.63) is 34.7 Å². The van der Waals surface area contributed by atoms with Gasteiger partial charge in [-0.2, -0.15) is 0 Å². The van der Waals surface area contributed by atoms with Crippen LogP contribution in [0.15, 0.2) is 29.2 Å². The highest BCUT2D eigenvalue weighted by Gasteiger charge is 2.37. The maximum absolute atomic E-state index is 12.4. The molecule has 0 radical (unpaired) electrons. The Kier molecular flexibility index (Phi) is 6.27. The van der Waals surface area contributed by atoms with Crippen LogP contribution in [0.2, 0.25) is 0 Å². The predicted octanol–water partition coefficient (Wildman–Crippen LogP) is 1.93. The van der Waals surface area contributed by atoms with Crippen molar-refractivity contribution in [1.29, 1.82) is 0 Å². The fraction of sp³-hybridized carbons (Fsp3) is 0.333. The molecule has 0 bridgehead atoms. The van der Waals surface area contributed by atoms with Crippen molar-refractivity contribution in [3.63, 3.8) is 0 Å². The summed E-state index contributed by atoms with van der Waals surface area (Å²) in [7, 11) is 0. The quantitative estimate of drug-likeness (QED) is 0.581. The number of primary amides is 1. The molecule has 8 nitrogen and oxygen atoms in total. The van der Waals surface area contributed by atoms with Crippen LogP contribution in [0.4, 0.5) is 4.79 Å². The lowest BCUT2D eigenvalue weighted by Crippen LogP contribution is -2.37. The summed E-state index contributed by atoms with van der Waals surface area (Å²) in [5.41, 5.74) is 4.96. The highest BCUT2D eigenvalue weighted by molar-refractivity contribution is 8.18. The summed E-state index contributed by atoms with van der Waals surface area (Å²) in [4.78, 5) is 48.1. The molecule has 144 valence electrons. The number of nitrogens with two attached hydrogens (primary N) is 1. The average Bonchev–Trinajstić information content (AvgIpc) is 2.80. The number of esters is 1. The first-order valence-electron chi connectivity index (χ1n) is 8.03. The molecular formula is C18H20N2O6S. The van der Waals surface area contributed by atoms with Crippen LogP contribution < -0.4 is 10.5 Å². The Morgan fingerprint density at radius 3 is 2.37 bits per heavy atom. The van der Waals surface area contributed by atoms with E-state index in [-0.39, 0.29) is 11.5 Å². The molecule has 1 saturated heterocycles. The first-order valence-corrected chi connectivity index (χ1v) is 8.85. The van der Waals surface area contributed by atoms with Gasteiger partial charge in [0.2, 0.25) is 0 Å². The molecule has 0 spiro atoms. The number of nitrogens with zero attached hydrogens (tertiary/aromatic N) is 1. The number of benzene rings is 1. The van der Waals surface area contributed by atoms with Gasteiger partial charge in [-0.25, -0.2) is 0 Å². The molecule has 1 aliphatic heterocycles. The molecule has 1 fully saturated rings. The second-order valence-corrected chi connectivity index (χ2v) is 7.67. The molecular weight excluding hydrogens is 372 g/mol. The topological polar surface area (TPSA) is 116 Å². The Morgan fingerprint density at radius 2 is 1.81 bits per heavy atom. The summed E-state index contributed by atoms with van der Waals surface area (Å²) in [6.07, 6.45) is 1.54. The normalized spacial score (nSPS) is 16.0. The zero-order valence-corrected chi connectivity index (χ0v) is 16.0. The molecule has 0 unspecified atom stereocenters. The van der Waals surface area contributed by atoms with Gasteiger partial charge in [0, 0.05) is 0 Å². The summed E-state index contributed by atoms with van der Waals surface area (Å²) >= 11 is 0.753. The smallest absolute Gasteiger partial charge is 0.326 e. The molecule has 0 atom stereocenters. The van der Waals surface area contributed by atoms with E-state index in [4.69, 9.17) is 15.2 Å². The second kappa shape index (κ2) is 8.26. The molecule has 2 rings (SSSR count). The molecule has 1 aromatic carbocycles. The zero-order chi connectivity index (χ0) is 20.2. The second-order valence-electron chi connectivity index (χ2n) is 6.68. The number of ether oxygens (including phenoxy) is 2. The first-order chi connectivity index (χ1) is 12.5. The number of amides is 3. The monoisotopic (exact) mass is 392 g/mol. The third-order valence-corrected chi connectivity index (χ3v) is 4.05. The van der Waals surface area contributed by atoms with E-state index in [1.807, 2.05) is 0 Å². The van der Waals surface area contributed by atoms with Crippen molar-refractivity contribution in [2.24, 2.45) is 5.73 Å². The summed E-state index contributed by atoms with van der Waals surface area (Å²) in [5.74, 6) is -1.34. The van der Waals surface area contributed by atoms with E-state index in [0.29, 0.717) is 11.3 Å². The largest absolute Gasteiger partial charge is 0.484 e. The van der Waals surface area contributed by atoms with Gasteiger partial charge in [0.1, 0.15) is 17.9 Å². The maximum atomic E-state index is 12.4. The Hall–Kier alpha value is -2.81. The van der Waals surface area contributed by atoms with Gasteiger partial charge in [-0.15, -0.1) is 0 Å². The van der Waals surface area contributed by atoms with E-state index < -0.39 is 35.2 Å². The summed E-state index contributed by atoms with van der Waals surface area (Å²) in [5, 5.41) is -0.529. The Morgan fingerprint density at radius 1 is 1.19 bits per heavy atom. The van der Waals surface area contributed by atoms with Gasteiger partial charge in [0.05, 0.1) is 4.91 Å².